The van der Waals surface area contributed by atoms with E-state index in [0.29, 0.717) is 11.5 Å². The fourth-order valence-electron chi connectivity index (χ4n) is 4.68. The Morgan fingerprint density at radius 1 is 1.23 bits per heavy atom. The molecule has 1 saturated heterocycles. The molecule has 1 aliphatic heterocycles. The molecule has 1 aromatic rings. The molecule has 1 aliphatic carbocycles. The predicted molar refractivity (Wildman–Crippen MR) is 112 cm³/mol. The van der Waals surface area contributed by atoms with Crippen LogP contribution in [0.25, 0.3) is 0 Å². The van der Waals surface area contributed by atoms with Crippen LogP contribution in [0.2, 0.25) is 0 Å². The summed E-state index contributed by atoms with van der Waals surface area (Å²) in [6.07, 6.45) is 5.98. The lowest BCUT2D eigenvalue weighted by molar-refractivity contribution is -0.0237. The van der Waals surface area contributed by atoms with Gasteiger partial charge in [0.2, 0.25) is 0 Å². The zero-order valence-corrected chi connectivity index (χ0v) is 17.5. The number of ether oxygens (including phenoxy) is 1. The predicted octanol–water partition coefficient (Wildman–Crippen LogP) is 3.73. The number of nitrogens with zero attached hydrogens (tertiary/aromatic N) is 3. The van der Waals surface area contributed by atoms with Crippen LogP contribution in [0.1, 0.15) is 40.0 Å². The molecule has 1 aromatic heterocycles. The first-order chi connectivity index (χ1) is 12.4. The maximum atomic E-state index is 6.26. The fourth-order valence-corrected chi connectivity index (χ4v) is 5.00. The Bertz CT molecular complexity index is 545. The maximum Gasteiger partial charge on any atom is 0.128 e. The summed E-state index contributed by atoms with van der Waals surface area (Å²) < 4.78 is 6.26. The molecule has 2 heterocycles. The van der Waals surface area contributed by atoms with Gasteiger partial charge in [0, 0.05) is 44.2 Å². The lowest BCUT2D eigenvalue weighted by Gasteiger charge is -2.39. The SMILES string of the molecule is C[C@@H]1C[C@H](OC[C@H](S)CN2CCN(c3ccccn3)CC2)CC(C)(C)C1. The summed E-state index contributed by atoms with van der Waals surface area (Å²) >= 11 is 4.81. The van der Waals surface area contributed by atoms with Gasteiger partial charge in [-0.15, -0.1) is 0 Å². The van der Waals surface area contributed by atoms with Crippen LogP contribution in [0.3, 0.4) is 0 Å². The van der Waals surface area contributed by atoms with Crippen LogP contribution in [0.5, 0.6) is 0 Å². The van der Waals surface area contributed by atoms with E-state index >= 15 is 0 Å². The van der Waals surface area contributed by atoms with Crippen LogP contribution in [0, 0.1) is 11.3 Å². The zero-order chi connectivity index (χ0) is 18.6. The molecule has 0 radical (unpaired) electrons. The van der Waals surface area contributed by atoms with E-state index in [1.54, 1.807) is 0 Å². The highest BCUT2D eigenvalue weighted by atomic mass is 32.1. The number of anilines is 1. The number of hydrogen-bond acceptors (Lipinski definition) is 5. The first kappa shape index (κ1) is 20.0. The van der Waals surface area contributed by atoms with Crippen molar-refractivity contribution >= 4 is 18.4 Å². The summed E-state index contributed by atoms with van der Waals surface area (Å²) in [6.45, 7) is 13.1. The van der Waals surface area contributed by atoms with Gasteiger partial charge in [-0.25, -0.2) is 4.98 Å². The lowest BCUT2D eigenvalue weighted by Crippen LogP contribution is -2.48. The van der Waals surface area contributed by atoms with Crippen molar-refractivity contribution in [3.63, 3.8) is 0 Å². The largest absolute Gasteiger partial charge is 0.377 e. The average molecular weight is 378 g/mol. The molecular weight excluding hydrogens is 342 g/mol. The normalized spacial score (nSPS) is 28.1. The van der Waals surface area contributed by atoms with E-state index in [-0.39, 0.29) is 5.25 Å². The average Bonchev–Trinajstić information content (AvgIpc) is 2.60. The Labute approximate surface area is 164 Å². The number of piperazine rings is 1. The number of rotatable bonds is 6. The molecule has 0 N–H and O–H groups in total. The third-order valence-electron chi connectivity index (χ3n) is 5.69. The van der Waals surface area contributed by atoms with Gasteiger partial charge in [-0.3, -0.25) is 4.90 Å². The Morgan fingerprint density at radius 3 is 2.65 bits per heavy atom. The summed E-state index contributed by atoms with van der Waals surface area (Å²) in [6, 6.07) is 6.13. The van der Waals surface area contributed by atoms with Crippen molar-refractivity contribution in [1.29, 1.82) is 0 Å². The van der Waals surface area contributed by atoms with Gasteiger partial charge in [-0.1, -0.05) is 26.8 Å². The first-order valence-electron chi connectivity index (χ1n) is 10.1. The van der Waals surface area contributed by atoms with Crippen molar-refractivity contribution in [1.82, 2.24) is 9.88 Å². The summed E-state index contributed by atoms with van der Waals surface area (Å²) in [5, 5.41) is 0.289. The van der Waals surface area contributed by atoms with Crippen molar-refractivity contribution in [2.75, 3.05) is 44.2 Å². The van der Waals surface area contributed by atoms with E-state index in [1.165, 1.54) is 19.3 Å². The summed E-state index contributed by atoms with van der Waals surface area (Å²) in [5.41, 5.74) is 0.413. The smallest absolute Gasteiger partial charge is 0.128 e. The number of pyridine rings is 1. The van der Waals surface area contributed by atoms with Gasteiger partial charge in [-0.2, -0.15) is 12.6 Å². The van der Waals surface area contributed by atoms with Crippen molar-refractivity contribution in [2.24, 2.45) is 11.3 Å². The third-order valence-corrected chi connectivity index (χ3v) is 6.00. The van der Waals surface area contributed by atoms with Crippen molar-refractivity contribution in [2.45, 2.75) is 51.4 Å². The van der Waals surface area contributed by atoms with Crippen LogP contribution >= 0.6 is 12.6 Å². The van der Waals surface area contributed by atoms with E-state index in [1.807, 2.05) is 12.3 Å². The number of thiol groups is 1. The second-order valence-corrected chi connectivity index (χ2v) is 9.73. The van der Waals surface area contributed by atoms with Crippen molar-refractivity contribution < 1.29 is 4.74 Å². The molecule has 0 spiro atoms. The van der Waals surface area contributed by atoms with Gasteiger partial charge in [0.25, 0.3) is 0 Å². The molecule has 2 aliphatic rings. The molecule has 0 amide bonds. The highest BCUT2D eigenvalue weighted by Gasteiger charge is 2.32. The molecule has 146 valence electrons. The van der Waals surface area contributed by atoms with Crippen molar-refractivity contribution in [3.05, 3.63) is 24.4 Å². The van der Waals surface area contributed by atoms with Crippen molar-refractivity contribution in [3.8, 4) is 0 Å². The minimum atomic E-state index is 0.289. The second-order valence-electron chi connectivity index (χ2n) is 9.00. The van der Waals surface area contributed by atoms with Gasteiger partial charge in [0.1, 0.15) is 5.82 Å². The van der Waals surface area contributed by atoms with Gasteiger partial charge in [-0.05, 0) is 42.7 Å². The van der Waals surface area contributed by atoms with Crippen LogP contribution in [0.4, 0.5) is 5.82 Å². The van der Waals surface area contributed by atoms with E-state index in [2.05, 4.69) is 47.7 Å². The van der Waals surface area contributed by atoms with Crippen LogP contribution in [0.15, 0.2) is 24.4 Å². The van der Waals surface area contributed by atoms with Crippen LogP contribution in [-0.2, 0) is 4.74 Å². The zero-order valence-electron chi connectivity index (χ0n) is 16.6. The summed E-state index contributed by atoms with van der Waals surface area (Å²) in [5.74, 6) is 1.86. The second kappa shape index (κ2) is 8.94. The maximum absolute atomic E-state index is 6.26. The highest BCUT2D eigenvalue weighted by molar-refractivity contribution is 7.81. The Balaban J connectivity index is 1.37. The standard InChI is InChI=1S/C21H35N3OS/c1-17-12-18(14-21(2,3)13-17)25-16-19(26)15-23-8-10-24(11-9-23)20-6-4-5-7-22-20/h4-7,17-19,26H,8-16H2,1-3H3/t17-,18+,19-/m1/s1. The molecule has 0 bridgehead atoms. The minimum Gasteiger partial charge on any atom is -0.377 e. The Hall–Kier alpha value is -0.780. The van der Waals surface area contributed by atoms with Crippen LogP contribution in [-0.4, -0.2) is 60.6 Å². The molecule has 0 aromatic carbocycles. The number of aromatic nitrogens is 1. The number of hydrogen-bond donors (Lipinski definition) is 1. The quantitative estimate of drug-likeness (QED) is 0.765. The minimum absolute atomic E-state index is 0.289. The molecule has 1 saturated carbocycles. The first-order valence-corrected chi connectivity index (χ1v) is 10.6. The highest BCUT2D eigenvalue weighted by Crippen LogP contribution is 2.39. The van der Waals surface area contributed by atoms with Crippen LogP contribution < -0.4 is 4.90 Å². The van der Waals surface area contributed by atoms with E-state index in [4.69, 9.17) is 17.4 Å². The van der Waals surface area contributed by atoms with E-state index in [0.717, 1.165) is 51.1 Å². The van der Waals surface area contributed by atoms with Gasteiger partial charge < -0.3 is 9.64 Å². The fraction of sp³-hybridized carbons (Fsp3) is 0.762. The van der Waals surface area contributed by atoms with Gasteiger partial charge in [0.05, 0.1) is 12.7 Å². The summed E-state index contributed by atoms with van der Waals surface area (Å²) in [4.78, 5) is 9.33. The molecule has 2 fully saturated rings. The van der Waals surface area contributed by atoms with Gasteiger partial charge >= 0.3 is 0 Å². The monoisotopic (exact) mass is 377 g/mol. The lowest BCUT2D eigenvalue weighted by atomic mass is 9.71. The third kappa shape index (κ3) is 5.86. The molecular formula is C21H35N3OS. The Morgan fingerprint density at radius 2 is 2.00 bits per heavy atom. The molecule has 0 unspecified atom stereocenters. The Kier molecular flexibility index (Phi) is 6.87. The molecule has 3 rings (SSSR count). The molecule has 26 heavy (non-hydrogen) atoms. The van der Waals surface area contributed by atoms with E-state index in [9.17, 15) is 0 Å². The molecule has 3 atom stereocenters. The molecule has 4 nitrogen and oxygen atoms in total. The van der Waals surface area contributed by atoms with Gasteiger partial charge in [0.15, 0.2) is 0 Å². The summed E-state index contributed by atoms with van der Waals surface area (Å²) in [7, 11) is 0. The molecule has 5 heteroatoms. The van der Waals surface area contributed by atoms with E-state index < -0.39 is 0 Å². The topological polar surface area (TPSA) is 28.6 Å².